The van der Waals surface area contributed by atoms with E-state index in [-0.39, 0.29) is 34.0 Å². The summed E-state index contributed by atoms with van der Waals surface area (Å²) in [6.07, 6.45) is 1.89. The lowest BCUT2D eigenvalue weighted by Crippen LogP contribution is -2.47. The Balaban J connectivity index is 1.86. The summed E-state index contributed by atoms with van der Waals surface area (Å²) < 4.78 is 62.5. The van der Waals surface area contributed by atoms with E-state index >= 15 is 4.39 Å². The highest BCUT2D eigenvalue weighted by molar-refractivity contribution is 8.00. The van der Waals surface area contributed by atoms with Crippen molar-refractivity contribution in [3.63, 3.8) is 0 Å². The summed E-state index contributed by atoms with van der Waals surface area (Å²) in [5, 5.41) is -2.41. The number of halogens is 3. The molecule has 140 valence electrons. The minimum Gasteiger partial charge on any atom is -0.489 e. The van der Waals surface area contributed by atoms with Crippen LogP contribution in [0.1, 0.15) is 19.3 Å². The molecule has 0 bridgehead atoms. The highest BCUT2D eigenvalue weighted by atomic mass is 35.5. The van der Waals surface area contributed by atoms with Crippen molar-refractivity contribution in [2.75, 3.05) is 12.4 Å². The Hall–Kier alpha value is -1.05. The highest BCUT2D eigenvalue weighted by Gasteiger charge is 2.57. The third kappa shape index (κ3) is 2.70. The number of fused-ring (bicyclic) bond motifs is 2. The number of hydrogen-bond acceptors (Lipinski definition) is 4. The highest BCUT2D eigenvalue weighted by Crippen LogP contribution is 2.53. The average Bonchev–Trinajstić information content (AvgIpc) is 2.64. The first-order valence-corrected chi connectivity index (χ1v) is 11.3. The molecule has 0 N–H and O–H groups in total. The standard InChI is InChI=1S/C18H17ClF2O3S2/c19-11-3-5-12(6-4-11)26(22,23)18(21)8-7-14(20)17-16(18)13-2-1-9-25-15(13)10-24-17/h3-7,13,15H,1-2,8-10H2/t13?,15-,18-/m1/s1. The van der Waals surface area contributed by atoms with Crippen molar-refractivity contribution in [2.24, 2.45) is 5.92 Å². The van der Waals surface area contributed by atoms with Gasteiger partial charge in [-0.2, -0.15) is 11.8 Å². The molecule has 0 spiro atoms. The second-order valence-corrected chi connectivity index (χ2v) is 10.6. The molecule has 1 aliphatic carbocycles. The molecule has 3 nitrogen and oxygen atoms in total. The number of benzene rings is 1. The number of hydrogen-bond donors (Lipinski definition) is 0. The predicted octanol–water partition coefficient (Wildman–Crippen LogP) is 4.83. The summed E-state index contributed by atoms with van der Waals surface area (Å²) in [7, 11) is -4.41. The first-order valence-electron chi connectivity index (χ1n) is 8.39. The van der Waals surface area contributed by atoms with E-state index in [1.807, 2.05) is 0 Å². The van der Waals surface area contributed by atoms with E-state index in [4.69, 9.17) is 16.3 Å². The molecule has 1 fully saturated rings. The quantitative estimate of drug-likeness (QED) is 0.689. The van der Waals surface area contributed by atoms with Crippen molar-refractivity contribution < 1.29 is 21.9 Å². The monoisotopic (exact) mass is 418 g/mol. The van der Waals surface area contributed by atoms with E-state index in [0.717, 1.165) is 18.2 Å². The van der Waals surface area contributed by atoms with Crippen LogP contribution in [0.5, 0.6) is 0 Å². The van der Waals surface area contributed by atoms with Gasteiger partial charge in [0.05, 0.1) is 4.90 Å². The minimum absolute atomic E-state index is 0.0455. The topological polar surface area (TPSA) is 43.4 Å². The Bertz CT molecular complexity index is 896. The van der Waals surface area contributed by atoms with Crippen molar-refractivity contribution in [1.29, 1.82) is 0 Å². The first kappa shape index (κ1) is 18.3. The van der Waals surface area contributed by atoms with Gasteiger partial charge in [-0.25, -0.2) is 17.2 Å². The van der Waals surface area contributed by atoms with Gasteiger partial charge in [0, 0.05) is 28.2 Å². The molecule has 26 heavy (non-hydrogen) atoms. The number of alkyl halides is 1. The van der Waals surface area contributed by atoms with Crippen molar-refractivity contribution in [3.05, 3.63) is 52.5 Å². The Morgan fingerprint density at radius 3 is 2.73 bits per heavy atom. The van der Waals surface area contributed by atoms with E-state index < -0.39 is 27.1 Å². The van der Waals surface area contributed by atoms with Gasteiger partial charge in [-0.05, 0) is 48.9 Å². The molecule has 3 atom stereocenters. The lowest BCUT2D eigenvalue weighted by Gasteiger charge is -2.43. The van der Waals surface area contributed by atoms with Crippen LogP contribution in [-0.2, 0) is 14.6 Å². The lowest BCUT2D eigenvalue weighted by molar-refractivity contribution is 0.134. The fourth-order valence-electron chi connectivity index (χ4n) is 3.87. The van der Waals surface area contributed by atoms with Crippen LogP contribution in [-0.4, -0.2) is 31.0 Å². The number of allylic oxidation sites excluding steroid dienone is 2. The Morgan fingerprint density at radius 2 is 2.00 bits per heavy atom. The third-order valence-corrected chi connectivity index (χ3v) is 8.96. The first-order chi connectivity index (χ1) is 12.3. The summed E-state index contributed by atoms with van der Waals surface area (Å²) in [6, 6.07) is 5.38. The van der Waals surface area contributed by atoms with Gasteiger partial charge >= 0.3 is 0 Å². The van der Waals surface area contributed by atoms with Crippen LogP contribution in [0.4, 0.5) is 8.78 Å². The van der Waals surface area contributed by atoms with E-state index in [2.05, 4.69) is 0 Å². The van der Waals surface area contributed by atoms with Crippen LogP contribution in [0.2, 0.25) is 5.02 Å². The number of rotatable bonds is 2. The second kappa shape index (κ2) is 6.53. The third-order valence-electron chi connectivity index (χ3n) is 5.16. The van der Waals surface area contributed by atoms with E-state index in [9.17, 15) is 12.8 Å². The van der Waals surface area contributed by atoms with Gasteiger partial charge in [-0.15, -0.1) is 0 Å². The lowest BCUT2D eigenvalue weighted by atomic mass is 9.82. The van der Waals surface area contributed by atoms with Crippen molar-refractivity contribution in [1.82, 2.24) is 0 Å². The summed E-state index contributed by atoms with van der Waals surface area (Å²) in [5.74, 6) is -0.327. The van der Waals surface area contributed by atoms with Crippen LogP contribution in [0, 0.1) is 5.92 Å². The molecule has 0 radical (unpaired) electrons. The summed E-state index contributed by atoms with van der Waals surface area (Å²) >= 11 is 7.46. The normalized spacial score (nSPS) is 31.6. The molecule has 2 heterocycles. The fraction of sp³-hybridized carbons (Fsp3) is 0.444. The molecule has 0 saturated carbocycles. The maximum atomic E-state index is 16.2. The maximum Gasteiger partial charge on any atom is 0.243 e. The largest absolute Gasteiger partial charge is 0.489 e. The van der Waals surface area contributed by atoms with Gasteiger partial charge in [0.15, 0.2) is 11.6 Å². The smallest absolute Gasteiger partial charge is 0.243 e. The summed E-state index contributed by atoms with van der Waals surface area (Å²) in [5.41, 5.74) is -0.0455. The van der Waals surface area contributed by atoms with Crippen molar-refractivity contribution in [2.45, 2.75) is 34.4 Å². The molecule has 0 amide bonds. The van der Waals surface area contributed by atoms with Gasteiger partial charge in [0.25, 0.3) is 0 Å². The van der Waals surface area contributed by atoms with Crippen LogP contribution >= 0.6 is 23.4 Å². The van der Waals surface area contributed by atoms with Gasteiger partial charge in [0.2, 0.25) is 14.8 Å². The summed E-state index contributed by atoms with van der Waals surface area (Å²) in [6.45, 7) is 0.270. The molecule has 1 unspecified atom stereocenters. The average molecular weight is 419 g/mol. The molecule has 2 aliphatic heterocycles. The molecule has 3 aliphatic rings. The zero-order valence-corrected chi connectivity index (χ0v) is 16.1. The van der Waals surface area contributed by atoms with Crippen molar-refractivity contribution in [3.8, 4) is 0 Å². The minimum atomic E-state index is -4.41. The van der Waals surface area contributed by atoms with E-state index in [1.54, 1.807) is 11.8 Å². The molecule has 4 rings (SSSR count). The molecule has 0 aromatic heterocycles. The van der Waals surface area contributed by atoms with Crippen LogP contribution in [0.15, 0.2) is 52.4 Å². The van der Waals surface area contributed by atoms with E-state index in [0.29, 0.717) is 11.4 Å². The van der Waals surface area contributed by atoms with Gasteiger partial charge < -0.3 is 4.74 Å². The van der Waals surface area contributed by atoms with Gasteiger partial charge in [0.1, 0.15) is 6.61 Å². The summed E-state index contributed by atoms with van der Waals surface area (Å²) in [4.78, 5) is -0.169. The Labute approximate surface area is 160 Å². The zero-order valence-electron chi connectivity index (χ0n) is 13.8. The number of thioether (sulfide) groups is 1. The van der Waals surface area contributed by atoms with Gasteiger partial charge in [-0.1, -0.05) is 11.6 Å². The SMILES string of the molecule is O=S(=O)(c1ccc(Cl)cc1)[C@]1(F)CC=C(F)C2=C1C1CCCS[C@@H]1CO2. The zero-order chi connectivity index (χ0) is 18.5. The Morgan fingerprint density at radius 1 is 1.27 bits per heavy atom. The second-order valence-electron chi connectivity index (χ2n) is 6.65. The van der Waals surface area contributed by atoms with E-state index in [1.165, 1.54) is 24.3 Å². The Kier molecular flexibility index (Phi) is 4.60. The number of sulfone groups is 1. The molecular formula is C18H17ClF2O3S2. The maximum absolute atomic E-state index is 16.2. The molecule has 1 saturated heterocycles. The van der Waals surface area contributed by atoms with Crippen LogP contribution < -0.4 is 0 Å². The molecule has 1 aromatic rings. The molecule has 8 heteroatoms. The molecular weight excluding hydrogens is 402 g/mol. The van der Waals surface area contributed by atoms with Crippen LogP contribution in [0.25, 0.3) is 0 Å². The molecule has 1 aromatic carbocycles. The van der Waals surface area contributed by atoms with Crippen molar-refractivity contribution >= 4 is 33.2 Å². The number of ether oxygens (including phenoxy) is 1. The fourth-order valence-corrected chi connectivity index (χ4v) is 7.00. The van der Waals surface area contributed by atoms with Crippen LogP contribution in [0.3, 0.4) is 0 Å². The van der Waals surface area contributed by atoms with Gasteiger partial charge in [-0.3, -0.25) is 0 Å². The predicted molar refractivity (Wildman–Crippen MR) is 98.2 cm³/mol.